The van der Waals surface area contributed by atoms with E-state index in [4.69, 9.17) is 0 Å². The maximum atomic E-state index is 12.3. The molecule has 0 aliphatic rings. The van der Waals surface area contributed by atoms with Crippen LogP contribution in [-0.2, 0) is 19.6 Å². The number of amides is 2. The maximum Gasteiger partial charge on any atom is 0.241 e. The number of benzene rings is 2. The molecule has 0 bridgehead atoms. The number of hydrogen-bond donors (Lipinski definition) is 3. The summed E-state index contributed by atoms with van der Waals surface area (Å²) in [5, 5.41) is 5.19. The van der Waals surface area contributed by atoms with E-state index in [1.807, 2.05) is 13.8 Å². The highest BCUT2D eigenvalue weighted by molar-refractivity contribution is 7.89. The first-order valence-corrected chi connectivity index (χ1v) is 9.40. The third kappa shape index (κ3) is 5.40. The van der Waals surface area contributed by atoms with Crippen LogP contribution in [0.1, 0.15) is 18.1 Å². The molecule has 0 atom stereocenters. The molecule has 8 heteroatoms. The van der Waals surface area contributed by atoms with Crippen LogP contribution in [0.4, 0.5) is 11.4 Å². The summed E-state index contributed by atoms with van der Waals surface area (Å²) < 4.78 is 26.9. The first-order chi connectivity index (χ1) is 12.2. The van der Waals surface area contributed by atoms with Gasteiger partial charge >= 0.3 is 0 Å². The molecular formula is C18H21N3O4S. The number of aryl methyl sites for hydroxylation is 2. The zero-order chi connectivity index (χ0) is 19.3. The van der Waals surface area contributed by atoms with Crippen molar-refractivity contribution in [3.8, 4) is 0 Å². The lowest BCUT2D eigenvalue weighted by molar-refractivity contribution is -0.115. The van der Waals surface area contributed by atoms with E-state index in [2.05, 4.69) is 15.4 Å². The third-order valence-corrected chi connectivity index (χ3v) is 5.08. The van der Waals surface area contributed by atoms with Crippen molar-refractivity contribution in [2.75, 3.05) is 17.2 Å². The molecule has 0 fully saturated rings. The summed E-state index contributed by atoms with van der Waals surface area (Å²) in [6, 6.07) is 11.3. The number of anilines is 2. The molecule has 0 aromatic heterocycles. The summed E-state index contributed by atoms with van der Waals surface area (Å²) >= 11 is 0. The predicted molar refractivity (Wildman–Crippen MR) is 100 cm³/mol. The molecule has 7 nitrogen and oxygen atoms in total. The summed E-state index contributed by atoms with van der Waals surface area (Å²) in [7, 11) is -3.78. The molecule has 0 unspecified atom stereocenters. The molecular weight excluding hydrogens is 354 g/mol. The molecule has 0 radical (unpaired) electrons. The number of hydrogen-bond acceptors (Lipinski definition) is 4. The second-order valence-corrected chi connectivity index (χ2v) is 7.65. The molecule has 0 heterocycles. The zero-order valence-electron chi connectivity index (χ0n) is 14.8. The van der Waals surface area contributed by atoms with Crippen molar-refractivity contribution in [1.82, 2.24) is 4.72 Å². The van der Waals surface area contributed by atoms with Gasteiger partial charge in [0.25, 0.3) is 0 Å². The Morgan fingerprint density at radius 1 is 0.923 bits per heavy atom. The fraction of sp³-hybridized carbons (Fsp3) is 0.222. The van der Waals surface area contributed by atoms with E-state index < -0.39 is 22.5 Å². The highest BCUT2D eigenvalue weighted by Gasteiger charge is 2.16. The highest BCUT2D eigenvalue weighted by Crippen LogP contribution is 2.16. The van der Waals surface area contributed by atoms with Crippen LogP contribution in [0, 0.1) is 13.8 Å². The van der Waals surface area contributed by atoms with Gasteiger partial charge in [0.05, 0.1) is 11.4 Å². The van der Waals surface area contributed by atoms with Crippen molar-refractivity contribution < 1.29 is 18.0 Å². The van der Waals surface area contributed by atoms with E-state index in [0.717, 1.165) is 11.1 Å². The van der Waals surface area contributed by atoms with Gasteiger partial charge in [-0.05, 0) is 55.3 Å². The normalized spacial score (nSPS) is 11.0. The van der Waals surface area contributed by atoms with Gasteiger partial charge in [0, 0.05) is 18.3 Å². The second-order valence-electron chi connectivity index (χ2n) is 5.88. The van der Waals surface area contributed by atoms with Crippen LogP contribution in [0.25, 0.3) is 0 Å². The maximum absolute atomic E-state index is 12.3. The van der Waals surface area contributed by atoms with Crippen LogP contribution in [0.2, 0.25) is 0 Å². The molecule has 138 valence electrons. The van der Waals surface area contributed by atoms with Crippen molar-refractivity contribution >= 4 is 33.2 Å². The SMILES string of the molecule is CC(=O)Nc1cccc(NC(=O)CNS(=O)(=O)c2ccc(C)c(C)c2)c1. The minimum atomic E-state index is -3.78. The lowest BCUT2D eigenvalue weighted by Crippen LogP contribution is -2.33. The zero-order valence-corrected chi connectivity index (χ0v) is 15.6. The van der Waals surface area contributed by atoms with Crippen LogP contribution >= 0.6 is 0 Å². The Labute approximate surface area is 152 Å². The summed E-state index contributed by atoms with van der Waals surface area (Å²) in [5.74, 6) is -0.744. The Morgan fingerprint density at radius 2 is 1.58 bits per heavy atom. The molecule has 2 amide bonds. The molecule has 0 saturated carbocycles. The lowest BCUT2D eigenvalue weighted by atomic mass is 10.1. The van der Waals surface area contributed by atoms with E-state index >= 15 is 0 Å². The summed E-state index contributed by atoms with van der Waals surface area (Å²) in [6.07, 6.45) is 0. The Balaban J connectivity index is 1.99. The molecule has 26 heavy (non-hydrogen) atoms. The van der Waals surface area contributed by atoms with Crippen molar-refractivity contribution in [1.29, 1.82) is 0 Å². The van der Waals surface area contributed by atoms with Gasteiger partial charge in [-0.25, -0.2) is 13.1 Å². The first kappa shape index (κ1) is 19.6. The first-order valence-electron chi connectivity index (χ1n) is 7.92. The van der Waals surface area contributed by atoms with Gasteiger partial charge in [0.1, 0.15) is 0 Å². The molecule has 2 aromatic rings. The van der Waals surface area contributed by atoms with E-state index in [1.54, 1.807) is 36.4 Å². The summed E-state index contributed by atoms with van der Waals surface area (Å²) in [6.45, 7) is 4.69. The Hall–Kier alpha value is -2.71. The van der Waals surface area contributed by atoms with Gasteiger partial charge in [-0.15, -0.1) is 0 Å². The van der Waals surface area contributed by atoms with Crippen LogP contribution in [-0.4, -0.2) is 26.8 Å². The Kier molecular flexibility index (Phi) is 6.12. The van der Waals surface area contributed by atoms with Crippen LogP contribution < -0.4 is 15.4 Å². The van der Waals surface area contributed by atoms with E-state index in [1.165, 1.54) is 13.0 Å². The third-order valence-electron chi connectivity index (χ3n) is 3.68. The molecule has 0 aliphatic heterocycles. The van der Waals surface area contributed by atoms with Crippen molar-refractivity contribution in [2.45, 2.75) is 25.7 Å². The quantitative estimate of drug-likeness (QED) is 0.720. The minimum absolute atomic E-state index is 0.112. The van der Waals surface area contributed by atoms with Crippen LogP contribution in [0.3, 0.4) is 0 Å². The molecule has 3 N–H and O–H groups in total. The fourth-order valence-corrected chi connectivity index (χ4v) is 3.28. The standard InChI is InChI=1S/C18H21N3O4S/c1-12-7-8-17(9-13(12)2)26(24,25)19-11-18(23)21-16-6-4-5-15(10-16)20-14(3)22/h4-10,19H,11H2,1-3H3,(H,20,22)(H,21,23). The van der Waals surface area contributed by atoms with E-state index in [9.17, 15) is 18.0 Å². The number of rotatable bonds is 6. The predicted octanol–water partition coefficient (Wildman–Crippen LogP) is 2.18. The molecule has 0 aliphatic carbocycles. The van der Waals surface area contributed by atoms with Gasteiger partial charge < -0.3 is 10.6 Å². The smallest absolute Gasteiger partial charge is 0.241 e. The van der Waals surface area contributed by atoms with Crippen molar-refractivity contribution in [2.24, 2.45) is 0 Å². The van der Waals surface area contributed by atoms with Gasteiger partial charge in [-0.1, -0.05) is 12.1 Å². The molecule has 2 rings (SSSR count). The molecule has 0 spiro atoms. The molecule has 0 saturated heterocycles. The monoisotopic (exact) mass is 375 g/mol. The van der Waals surface area contributed by atoms with E-state index in [0.29, 0.717) is 11.4 Å². The summed E-state index contributed by atoms with van der Waals surface area (Å²) in [5.41, 5.74) is 2.82. The minimum Gasteiger partial charge on any atom is -0.326 e. The average molecular weight is 375 g/mol. The molecule has 2 aromatic carbocycles. The number of sulfonamides is 1. The highest BCUT2D eigenvalue weighted by atomic mass is 32.2. The summed E-state index contributed by atoms with van der Waals surface area (Å²) in [4.78, 5) is 23.2. The Morgan fingerprint density at radius 3 is 2.19 bits per heavy atom. The van der Waals surface area contributed by atoms with Gasteiger partial charge in [-0.3, -0.25) is 9.59 Å². The number of nitrogens with one attached hydrogen (secondary N) is 3. The largest absolute Gasteiger partial charge is 0.326 e. The van der Waals surface area contributed by atoms with Crippen LogP contribution in [0.15, 0.2) is 47.4 Å². The van der Waals surface area contributed by atoms with Gasteiger partial charge in [0.15, 0.2) is 0 Å². The van der Waals surface area contributed by atoms with Gasteiger partial charge in [-0.2, -0.15) is 0 Å². The Bertz CT molecular complexity index is 939. The van der Waals surface area contributed by atoms with Crippen molar-refractivity contribution in [3.05, 3.63) is 53.6 Å². The fourth-order valence-electron chi connectivity index (χ4n) is 2.21. The number of carbonyl (C=O) groups excluding carboxylic acids is 2. The van der Waals surface area contributed by atoms with Crippen LogP contribution in [0.5, 0.6) is 0 Å². The lowest BCUT2D eigenvalue weighted by Gasteiger charge is -2.10. The number of carbonyl (C=O) groups is 2. The average Bonchev–Trinajstić information content (AvgIpc) is 2.55. The topological polar surface area (TPSA) is 104 Å². The van der Waals surface area contributed by atoms with Crippen molar-refractivity contribution in [3.63, 3.8) is 0 Å². The van der Waals surface area contributed by atoms with Gasteiger partial charge in [0.2, 0.25) is 21.8 Å². The second kappa shape index (κ2) is 8.11. The van der Waals surface area contributed by atoms with E-state index in [-0.39, 0.29) is 10.8 Å².